The number of piperidine rings is 1. The summed E-state index contributed by atoms with van der Waals surface area (Å²) in [6.07, 6.45) is 11.4. The molecule has 0 aromatic carbocycles. The van der Waals surface area contributed by atoms with E-state index in [1.807, 2.05) is 4.90 Å². The predicted octanol–water partition coefficient (Wildman–Crippen LogP) is 1.97. The molecular weight excluding hydrogens is 268 g/mol. The molecule has 2 fully saturated rings. The molecule has 1 saturated carbocycles. The van der Waals surface area contributed by atoms with Crippen molar-refractivity contribution in [1.29, 1.82) is 0 Å². The maximum Gasteiger partial charge on any atom is 0.317 e. The van der Waals surface area contributed by atoms with Gasteiger partial charge in [-0.15, -0.1) is 0 Å². The van der Waals surface area contributed by atoms with Gasteiger partial charge in [-0.2, -0.15) is 0 Å². The Bertz CT molecular complexity index is 462. The minimum absolute atomic E-state index is 0.00442. The van der Waals surface area contributed by atoms with Crippen molar-refractivity contribution >= 4 is 6.03 Å². The van der Waals surface area contributed by atoms with E-state index in [0.29, 0.717) is 18.5 Å². The monoisotopic (exact) mass is 290 g/mol. The van der Waals surface area contributed by atoms with Gasteiger partial charge in [0, 0.05) is 25.0 Å². The summed E-state index contributed by atoms with van der Waals surface area (Å²) in [6.45, 7) is 1.42. The maximum absolute atomic E-state index is 12.3. The van der Waals surface area contributed by atoms with Crippen LogP contribution in [0.5, 0.6) is 5.88 Å². The molecule has 1 unspecified atom stereocenters. The molecule has 6 heteroatoms. The molecule has 114 valence electrons. The maximum atomic E-state index is 12.3. The highest BCUT2D eigenvalue weighted by molar-refractivity contribution is 5.74. The smallest absolute Gasteiger partial charge is 0.317 e. The quantitative estimate of drug-likeness (QED) is 0.924. The molecule has 0 bridgehead atoms. The van der Waals surface area contributed by atoms with Crippen LogP contribution in [0.25, 0.3) is 0 Å². The molecule has 1 saturated heterocycles. The first-order chi connectivity index (χ1) is 10.3. The van der Waals surface area contributed by atoms with Gasteiger partial charge in [0.1, 0.15) is 6.10 Å². The minimum Gasteiger partial charge on any atom is -0.471 e. The van der Waals surface area contributed by atoms with Crippen LogP contribution in [0.4, 0.5) is 4.79 Å². The first-order valence-corrected chi connectivity index (χ1v) is 7.79. The van der Waals surface area contributed by atoms with Gasteiger partial charge >= 0.3 is 6.03 Å². The zero-order valence-corrected chi connectivity index (χ0v) is 12.2. The molecular formula is C15H22N4O2. The fourth-order valence-electron chi connectivity index (χ4n) is 3.07. The highest BCUT2D eigenvalue weighted by Crippen LogP contribution is 2.19. The molecule has 1 aliphatic carbocycles. The molecule has 21 heavy (non-hydrogen) atoms. The Balaban J connectivity index is 1.51. The first-order valence-electron chi connectivity index (χ1n) is 7.79. The van der Waals surface area contributed by atoms with E-state index in [9.17, 15) is 4.79 Å². The standard InChI is InChI=1S/C15H22N4O2/c20-15(18-12-4-1-2-5-12)19-9-3-6-13(11-19)21-14-10-16-7-8-17-14/h7-8,10,12-13H,1-6,9,11H2,(H,18,20). The molecule has 3 rings (SSSR count). The summed E-state index contributed by atoms with van der Waals surface area (Å²) in [5.41, 5.74) is 0. The Morgan fingerprint density at radius 2 is 2.10 bits per heavy atom. The van der Waals surface area contributed by atoms with E-state index in [-0.39, 0.29) is 12.1 Å². The number of hydrogen-bond donors (Lipinski definition) is 1. The highest BCUT2D eigenvalue weighted by Gasteiger charge is 2.27. The van der Waals surface area contributed by atoms with Crippen molar-refractivity contribution < 1.29 is 9.53 Å². The Labute approximate surface area is 124 Å². The van der Waals surface area contributed by atoms with E-state index in [4.69, 9.17) is 4.74 Å². The van der Waals surface area contributed by atoms with Crippen LogP contribution in [0.2, 0.25) is 0 Å². The Morgan fingerprint density at radius 3 is 2.86 bits per heavy atom. The fraction of sp³-hybridized carbons (Fsp3) is 0.667. The number of urea groups is 1. The number of carbonyl (C=O) groups excluding carboxylic acids is 1. The number of carbonyl (C=O) groups is 1. The van der Waals surface area contributed by atoms with Crippen molar-refractivity contribution in [2.45, 2.75) is 50.7 Å². The summed E-state index contributed by atoms with van der Waals surface area (Å²) in [7, 11) is 0. The second-order valence-electron chi connectivity index (χ2n) is 5.80. The number of aromatic nitrogens is 2. The number of nitrogens with zero attached hydrogens (tertiary/aromatic N) is 3. The van der Waals surface area contributed by atoms with Gasteiger partial charge in [0.05, 0.1) is 12.7 Å². The van der Waals surface area contributed by atoms with E-state index < -0.39 is 0 Å². The summed E-state index contributed by atoms with van der Waals surface area (Å²) >= 11 is 0. The van der Waals surface area contributed by atoms with Gasteiger partial charge in [-0.05, 0) is 25.7 Å². The lowest BCUT2D eigenvalue weighted by Gasteiger charge is -2.33. The minimum atomic E-state index is 0.00442. The van der Waals surface area contributed by atoms with Crippen molar-refractivity contribution in [2.24, 2.45) is 0 Å². The largest absolute Gasteiger partial charge is 0.471 e. The van der Waals surface area contributed by atoms with E-state index >= 15 is 0 Å². The van der Waals surface area contributed by atoms with Crippen LogP contribution < -0.4 is 10.1 Å². The number of ether oxygens (including phenoxy) is 1. The molecule has 6 nitrogen and oxygen atoms in total. The molecule has 2 aliphatic rings. The molecule has 0 radical (unpaired) electrons. The van der Waals surface area contributed by atoms with Crippen LogP contribution in [0.1, 0.15) is 38.5 Å². The van der Waals surface area contributed by atoms with Crippen LogP contribution in [0.15, 0.2) is 18.6 Å². The van der Waals surface area contributed by atoms with Crippen LogP contribution in [-0.4, -0.2) is 46.1 Å². The molecule has 2 heterocycles. The van der Waals surface area contributed by atoms with E-state index in [1.54, 1.807) is 18.6 Å². The second-order valence-corrected chi connectivity index (χ2v) is 5.80. The highest BCUT2D eigenvalue weighted by atomic mass is 16.5. The second kappa shape index (κ2) is 6.74. The lowest BCUT2D eigenvalue weighted by Crippen LogP contribution is -2.50. The number of rotatable bonds is 3. The third-order valence-electron chi connectivity index (χ3n) is 4.18. The summed E-state index contributed by atoms with van der Waals surface area (Å²) in [6, 6.07) is 0.410. The van der Waals surface area contributed by atoms with E-state index in [0.717, 1.165) is 32.2 Å². The zero-order chi connectivity index (χ0) is 14.5. The zero-order valence-electron chi connectivity index (χ0n) is 12.2. The van der Waals surface area contributed by atoms with Gasteiger partial charge in [0.2, 0.25) is 5.88 Å². The van der Waals surface area contributed by atoms with Crippen molar-refractivity contribution in [2.75, 3.05) is 13.1 Å². The van der Waals surface area contributed by atoms with Crippen LogP contribution in [0.3, 0.4) is 0 Å². The van der Waals surface area contributed by atoms with Crippen molar-refractivity contribution in [3.8, 4) is 5.88 Å². The molecule has 1 aromatic rings. The molecule has 2 amide bonds. The van der Waals surface area contributed by atoms with Gasteiger partial charge in [-0.3, -0.25) is 4.98 Å². The predicted molar refractivity (Wildman–Crippen MR) is 78.0 cm³/mol. The number of amides is 2. The van der Waals surface area contributed by atoms with E-state index in [2.05, 4.69) is 15.3 Å². The van der Waals surface area contributed by atoms with Crippen LogP contribution in [-0.2, 0) is 0 Å². The lowest BCUT2D eigenvalue weighted by atomic mass is 10.1. The Hall–Kier alpha value is -1.85. The molecule has 1 N–H and O–H groups in total. The Kier molecular flexibility index (Phi) is 4.52. The summed E-state index contributed by atoms with van der Waals surface area (Å²) in [4.78, 5) is 22.3. The van der Waals surface area contributed by atoms with Crippen LogP contribution in [0, 0.1) is 0 Å². The fourth-order valence-corrected chi connectivity index (χ4v) is 3.07. The van der Waals surface area contributed by atoms with Gasteiger partial charge in [-0.1, -0.05) is 12.8 Å². The molecule has 0 spiro atoms. The van der Waals surface area contributed by atoms with Gasteiger partial charge < -0.3 is 15.0 Å². The third kappa shape index (κ3) is 3.83. The number of likely N-dealkylation sites (tertiary alicyclic amines) is 1. The topological polar surface area (TPSA) is 67.4 Å². The third-order valence-corrected chi connectivity index (χ3v) is 4.18. The van der Waals surface area contributed by atoms with Crippen molar-refractivity contribution in [3.05, 3.63) is 18.6 Å². The van der Waals surface area contributed by atoms with Gasteiger partial charge in [0.15, 0.2) is 0 Å². The molecule has 1 aliphatic heterocycles. The lowest BCUT2D eigenvalue weighted by molar-refractivity contribution is 0.0964. The van der Waals surface area contributed by atoms with Crippen molar-refractivity contribution in [3.63, 3.8) is 0 Å². The first kappa shape index (κ1) is 14.1. The van der Waals surface area contributed by atoms with Gasteiger partial charge in [-0.25, -0.2) is 9.78 Å². The Morgan fingerprint density at radius 1 is 1.24 bits per heavy atom. The summed E-state index contributed by atoms with van der Waals surface area (Å²) in [5, 5.41) is 3.14. The molecule has 1 atom stereocenters. The van der Waals surface area contributed by atoms with Gasteiger partial charge in [0.25, 0.3) is 0 Å². The average molecular weight is 290 g/mol. The summed E-state index contributed by atoms with van der Waals surface area (Å²) < 4.78 is 5.81. The van der Waals surface area contributed by atoms with Crippen molar-refractivity contribution in [1.82, 2.24) is 20.2 Å². The SMILES string of the molecule is O=C(NC1CCCC1)N1CCCC(Oc2cnccn2)C1. The van der Waals surface area contributed by atoms with E-state index in [1.165, 1.54) is 12.8 Å². The molecule has 1 aromatic heterocycles. The van der Waals surface area contributed by atoms with Crippen LogP contribution >= 0.6 is 0 Å². The normalized spacial score (nSPS) is 23.0. The number of nitrogens with one attached hydrogen (secondary N) is 1. The average Bonchev–Trinajstić information content (AvgIpc) is 3.01. The number of hydrogen-bond acceptors (Lipinski definition) is 4. The summed E-state index contributed by atoms with van der Waals surface area (Å²) in [5.74, 6) is 0.528.